The third-order valence-electron chi connectivity index (χ3n) is 3.68. The maximum atomic E-state index is 13.1. The highest BCUT2D eigenvalue weighted by atomic mass is 19.1. The van der Waals surface area contributed by atoms with Crippen molar-refractivity contribution < 1.29 is 13.9 Å². The summed E-state index contributed by atoms with van der Waals surface area (Å²) in [5, 5.41) is 7.64. The topological polar surface area (TPSA) is 69.0 Å². The second-order valence-electron chi connectivity index (χ2n) is 5.32. The van der Waals surface area contributed by atoms with Gasteiger partial charge in [-0.2, -0.15) is 5.10 Å². The number of ether oxygens (including phenoxy) is 1. The van der Waals surface area contributed by atoms with Crippen LogP contribution in [0.1, 0.15) is 10.4 Å². The summed E-state index contributed by atoms with van der Waals surface area (Å²) in [4.78, 5) is 17.0. The lowest BCUT2D eigenvalue weighted by atomic mass is 10.1. The molecule has 2 heterocycles. The molecule has 3 aromatic rings. The fourth-order valence-electron chi connectivity index (χ4n) is 2.43. The highest BCUT2D eigenvalue weighted by Crippen LogP contribution is 2.24. The Morgan fingerprint density at radius 3 is 2.79 bits per heavy atom. The smallest absolute Gasteiger partial charge is 0.252 e. The number of nitrogens with zero attached hydrogens (tertiary/aromatic N) is 3. The van der Waals surface area contributed by atoms with Crippen LogP contribution in [0, 0.1) is 5.82 Å². The van der Waals surface area contributed by atoms with Crippen molar-refractivity contribution in [2.24, 2.45) is 7.05 Å². The van der Waals surface area contributed by atoms with Gasteiger partial charge in [0.05, 0.1) is 29.4 Å². The highest BCUT2D eigenvalue weighted by Gasteiger charge is 2.16. The minimum absolute atomic E-state index is 0.226. The van der Waals surface area contributed by atoms with Gasteiger partial charge in [0.2, 0.25) is 0 Å². The van der Waals surface area contributed by atoms with E-state index in [1.165, 1.54) is 12.1 Å². The quantitative estimate of drug-likeness (QED) is 0.729. The number of amides is 1. The van der Waals surface area contributed by atoms with Gasteiger partial charge in [-0.3, -0.25) is 9.48 Å². The fraction of sp³-hybridized carbons (Fsp3) is 0.235. The molecule has 7 heteroatoms. The Morgan fingerprint density at radius 1 is 1.33 bits per heavy atom. The number of carbonyl (C=O) groups excluding carboxylic acids is 1. The van der Waals surface area contributed by atoms with Crippen LogP contribution in [0.4, 0.5) is 4.39 Å². The minimum atomic E-state index is -0.321. The van der Waals surface area contributed by atoms with Crippen molar-refractivity contribution in [3.63, 3.8) is 0 Å². The van der Waals surface area contributed by atoms with Gasteiger partial charge in [-0.25, -0.2) is 9.37 Å². The molecule has 3 rings (SSSR count). The zero-order valence-electron chi connectivity index (χ0n) is 13.4. The van der Waals surface area contributed by atoms with E-state index in [0.29, 0.717) is 35.4 Å². The minimum Gasteiger partial charge on any atom is -0.383 e. The van der Waals surface area contributed by atoms with Crippen molar-refractivity contribution in [3.05, 3.63) is 47.9 Å². The molecule has 0 aliphatic rings. The van der Waals surface area contributed by atoms with Crippen molar-refractivity contribution in [1.82, 2.24) is 20.1 Å². The van der Waals surface area contributed by atoms with E-state index in [4.69, 9.17) is 4.74 Å². The number of aromatic nitrogens is 3. The first-order valence-electron chi connectivity index (χ1n) is 7.46. The summed E-state index contributed by atoms with van der Waals surface area (Å²) >= 11 is 0. The highest BCUT2D eigenvalue weighted by molar-refractivity contribution is 6.06. The van der Waals surface area contributed by atoms with Gasteiger partial charge in [0, 0.05) is 26.3 Å². The first-order valence-corrected chi connectivity index (χ1v) is 7.46. The number of fused-ring (bicyclic) bond motifs is 1. The lowest BCUT2D eigenvalue weighted by molar-refractivity contribution is 0.0938. The summed E-state index contributed by atoms with van der Waals surface area (Å²) in [5.41, 5.74) is 2.38. The van der Waals surface area contributed by atoms with Crippen molar-refractivity contribution in [2.75, 3.05) is 20.3 Å². The largest absolute Gasteiger partial charge is 0.383 e. The molecule has 0 fully saturated rings. The lowest BCUT2D eigenvalue weighted by Crippen LogP contribution is -2.27. The van der Waals surface area contributed by atoms with Crippen LogP contribution in [-0.4, -0.2) is 40.9 Å². The van der Waals surface area contributed by atoms with Gasteiger partial charge in [0.1, 0.15) is 5.82 Å². The number of hydrogen-bond donors (Lipinski definition) is 1. The average Bonchev–Trinajstić information content (AvgIpc) is 2.96. The second-order valence-corrected chi connectivity index (χ2v) is 5.32. The van der Waals surface area contributed by atoms with Gasteiger partial charge in [0.15, 0.2) is 5.65 Å². The molecular formula is C17H17FN4O2. The molecule has 0 aliphatic heterocycles. The summed E-state index contributed by atoms with van der Waals surface area (Å²) in [7, 11) is 3.33. The van der Waals surface area contributed by atoms with Gasteiger partial charge < -0.3 is 10.1 Å². The standard InChI is InChI=1S/C17H17FN4O2/c1-22-16-14(10-20-22)13(17(23)19-7-8-24-2)9-15(21-16)11-3-5-12(18)6-4-11/h3-6,9-10H,7-8H2,1-2H3,(H,19,23). The number of halogens is 1. The first-order chi connectivity index (χ1) is 11.6. The van der Waals surface area contributed by atoms with Crippen LogP contribution < -0.4 is 5.32 Å². The van der Waals surface area contributed by atoms with Crippen LogP contribution in [0.25, 0.3) is 22.3 Å². The maximum Gasteiger partial charge on any atom is 0.252 e. The third-order valence-corrected chi connectivity index (χ3v) is 3.68. The van der Waals surface area contributed by atoms with E-state index in [9.17, 15) is 9.18 Å². The Labute approximate surface area is 138 Å². The molecule has 2 aromatic heterocycles. The van der Waals surface area contributed by atoms with Gasteiger partial charge in [0.25, 0.3) is 5.91 Å². The Kier molecular flexibility index (Phi) is 4.52. The summed E-state index contributed by atoms with van der Waals surface area (Å²) in [6, 6.07) is 7.68. The molecule has 0 saturated carbocycles. The molecule has 0 radical (unpaired) electrons. The van der Waals surface area contributed by atoms with Gasteiger partial charge in [-0.1, -0.05) is 0 Å². The molecule has 124 valence electrons. The van der Waals surface area contributed by atoms with Crippen LogP contribution in [-0.2, 0) is 11.8 Å². The molecule has 0 saturated heterocycles. The van der Waals surface area contributed by atoms with Gasteiger partial charge in [-0.15, -0.1) is 0 Å². The molecule has 0 spiro atoms. The van der Waals surface area contributed by atoms with Crippen LogP contribution in [0.15, 0.2) is 36.5 Å². The number of nitrogens with one attached hydrogen (secondary N) is 1. The lowest BCUT2D eigenvalue weighted by Gasteiger charge is -2.09. The van der Waals surface area contributed by atoms with E-state index in [0.717, 1.165) is 5.56 Å². The summed E-state index contributed by atoms with van der Waals surface area (Å²) in [6.45, 7) is 0.836. The van der Waals surface area contributed by atoms with Crippen LogP contribution in [0.5, 0.6) is 0 Å². The number of benzene rings is 1. The Bertz CT molecular complexity index is 874. The van der Waals surface area contributed by atoms with E-state index in [1.54, 1.807) is 43.2 Å². The summed E-state index contributed by atoms with van der Waals surface area (Å²) in [6.07, 6.45) is 1.61. The second kappa shape index (κ2) is 6.76. The van der Waals surface area contributed by atoms with Crippen molar-refractivity contribution in [3.8, 4) is 11.3 Å². The molecule has 0 unspecified atom stereocenters. The molecule has 1 amide bonds. The molecule has 1 aromatic carbocycles. The number of methoxy groups -OCH3 is 1. The molecular weight excluding hydrogens is 311 g/mol. The van der Waals surface area contributed by atoms with Crippen LogP contribution in [0.3, 0.4) is 0 Å². The predicted molar refractivity (Wildman–Crippen MR) is 88.1 cm³/mol. The normalized spacial score (nSPS) is 11.0. The molecule has 1 N–H and O–H groups in total. The van der Waals surface area contributed by atoms with E-state index >= 15 is 0 Å². The number of pyridine rings is 1. The number of hydrogen-bond acceptors (Lipinski definition) is 4. The molecule has 0 atom stereocenters. The van der Waals surface area contributed by atoms with E-state index < -0.39 is 0 Å². The van der Waals surface area contributed by atoms with Crippen LogP contribution in [0.2, 0.25) is 0 Å². The fourth-order valence-corrected chi connectivity index (χ4v) is 2.43. The third kappa shape index (κ3) is 3.11. The Hall–Kier alpha value is -2.80. The Balaban J connectivity index is 2.06. The van der Waals surface area contributed by atoms with E-state index in [-0.39, 0.29) is 11.7 Å². The van der Waals surface area contributed by atoms with Crippen molar-refractivity contribution in [2.45, 2.75) is 0 Å². The van der Waals surface area contributed by atoms with Gasteiger partial charge in [-0.05, 0) is 30.3 Å². The molecule has 0 aliphatic carbocycles. The zero-order chi connectivity index (χ0) is 17.1. The monoisotopic (exact) mass is 328 g/mol. The van der Waals surface area contributed by atoms with Crippen LogP contribution >= 0.6 is 0 Å². The van der Waals surface area contributed by atoms with E-state index in [1.807, 2.05) is 0 Å². The SMILES string of the molecule is COCCNC(=O)c1cc(-c2ccc(F)cc2)nc2c1cnn2C. The average molecular weight is 328 g/mol. The summed E-state index contributed by atoms with van der Waals surface area (Å²) in [5.74, 6) is -0.547. The predicted octanol–water partition coefficient (Wildman–Crippen LogP) is 2.15. The molecule has 0 bridgehead atoms. The first kappa shape index (κ1) is 16.1. The van der Waals surface area contributed by atoms with Crippen molar-refractivity contribution in [1.29, 1.82) is 0 Å². The van der Waals surface area contributed by atoms with E-state index in [2.05, 4.69) is 15.4 Å². The van der Waals surface area contributed by atoms with Gasteiger partial charge >= 0.3 is 0 Å². The van der Waals surface area contributed by atoms with Crippen molar-refractivity contribution >= 4 is 16.9 Å². The maximum absolute atomic E-state index is 13.1. The molecule has 6 nitrogen and oxygen atoms in total. The molecule has 24 heavy (non-hydrogen) atoms. The number of aryl methyl sites for hydroxylation is 1. The Morgan fingerprint density at radius 2 is 2.08 bits per heavy atom. The number of carbonyl (C=O) groups is 1. The number of rotatable bonds is 5. The zero-order valence-corrected chi connectivity index (χ0v) is 13.4. The summed E-state index contributed by atoms with van der Waals surface area (Å²) < 4.78 is 19.7.